The minimum atomic E-state index is -0.416. The maximum atomic E-state index is 10.7. The van der Waals surface area contributed by atoms with Crippen molar-refractivity contribution in [3.63, 3.8) is 0 Å². The number of anilines is 1. The number of aryl methyl sites for hydroxylation is 1. The molecule has 0 fully saturated rings. The van der Waals surface area contributed by atoms with E-state index in [4.69, 9.17) is 0 Å². The van der Waals surface area contributed by atoms with Gasteiger partial charge < -0.3 is 10.4 Å². The highest BCUT2D eigenvalue weighted by atomic mass is 16.6. The van der Waals surface area contributed by atoms with Gasteiger partial charge in [0.25, 0.3) is 5.69 Å². The molecule has 2 N–H and O–H groups in total. The average molecular weight is 252 g/mol. The summed E-state index contributed by atoms with van der Waals surface area (Å²) >= 11 is 0. The number of aliphatic hydroxyl groups is 1. The zero-order valence-electron chi connectivity index (χ0n) is 11.0. The Balaban J connectivity index is 2.87. The molecule has 0 aromatic heterocycles. The Morgan fingerprint density at radius 3 is 2.61 bits per heavy atom. The standard InChI is InChI=1S/C13H20N2O3/c1-9(2)6-11(8-16)14-13-7-12(15(17)18)5-4-10(13)3/h4-5,7,9,11,14,16H,6,8H2,1-3H3. The molecule has 1 aromatic carbocycles. The number of nitrogens with one attached hydrogen (secondary N) is 1. The van der Waals surface area contributed by atoms with Crippen molar-refractivity contribution in [2.24, 2.45) is 5.92 Å². The summed E-state index contributed by atoms with van der Waals surface area (Å²) in [5, 5.41) is 23.2. The lowest BCUT2D eigenvalue weighted by atomic mass is 10.0. The number of nitro benzene ring substituents is 1. The molecule has 5 nitrogen and oxygen atoms in total. The number of hydrogen-bond donors (Lipinski definition) is 2. The molecule has 18 heavy (non-hydrogen) atoms. The van der Waals surface area contributed by atoms with Crippen LogP contribution in [0.15, 0.2) is 18.2 Å². The van der Waals surface area contributed by atoms with E-state index in [0.717, 1.165) is 12.0 Å². The molecule has 5 heteroatoms. The number of nitro groups is 1. The number of non-ortho nitro benzene ring substituents is 1. The summed E-state index contributed by atoms with van der Waals surface area (Å²) in [6, 6.07) is 4.63. The Morgan fingerprint density at radius 2 is 2.11 bits per heavy atom. The molecular formula is C13H20N2O3. The summed E-state index contributed by atoms with van der Waals surface area (Å²) in [5.41, 5.74) is 1.70. The average Bonchev–Trinajstić information content (AvgIpc) is 2.29. The highest BCUT2D eigenvalue weighted by Gasteiger charge is 2.13. The van der Waals surface area contributed by atoms with E-state index in [1.54, 1.807) is 6.07 Å². The lowest BCUT2D eigenvalue weighted by Crippen LogP contribution is -2.26. The van der Waals surface area contributed by atoms with Crippen molar-refractivity contribution in [1.29, 1.82) is 0 Å². The van der Waals surface area contributed by atoms with E-state index in [1.807, 2.05) is 6.92 Å². The molecule has 100 valence electrons. The summed E-state index contributed by atoms with van der Waals surface area (Å²) < 4.78 is 0. The highest BCUT2D eigenvalue weighted by Crippen LogP contribution is 2.23. The molecular weight excluding hydrogens is 232 g/mol. The molecule has 1 rings (SSSR count). The fraction of sp³-hybridized carbons (Fsp3) is 0.538. The van der Waals surface area contributed by atoms with E-state index < -0.39 is 4.92 Å². The van der Waals surface area contributed by atoms with Crippen LogP contribution in [-0.4, -0.2) is 22.7 Å². The Hall–Kier alpha value is -1.62. The van der Waals surface area contributed by atoms with Gasteiger partial charge in [-0.2, -0.15) is 0 Å². The molecule has 0 amide bonds. The van der Waals surface area contributed by atoms with Gasteiger partial charge in [-0.05, 0) is 24.8 Å². The van der Waals surface area contributed by atoms with Gasteiger partial charge in [0, 0.05) is 23.9 Å². The lowest BCUT2D eigenvalue weighted by molar-refractivity contribution is -0.384. The van der Waals surface area contributed by atoms with Crippen LogP contribution in [0, 0.1) is 23.0 Å². The van der Waals surface area contributed by atoms with E-state index in [1.165, 1.54) is 12.1 Å². The quantitative estimate of drug-likeness (QED) is 0.603. The summed E-state index contributed by atoms with van der Waals surface area (Å²) in [6.07, 6.45) is 0.818. The van der Waals surface area contributed by atoms with Crippen LogP contribution < -0.4 is 5.32 Å². The Morgan fingerprint density at radius 1 is 1.44 bits per heavy atom. The second-order valence-corrected chi connectivity index (χ2v) is 4.91. The highest BCUT2D eigenvalue weighted by molar-refractivity contribution is 5.57. The number of benzene rings is 1. The fourth-order valence-electron chi connectivity index (χ4n) is 1.85. The van der Waals surface area contributed by atoms with Crippen molar-refractivity contribution in [3.05, 3.63) is 33.9 Å². The van der Waals surface area contributed by atoms with Gasteiger partial charge in [0.2, 0.25) is 0 Å². The molecule has 0 saturated heterocycles. The first-order valence-corrected chi connectivity index (χ1v) is 6.06. The van der Waals surface area contributed by atoms with Crippen LogP contribution in [0.25, 0.3) is 0 Å². The molecule has 0 aliphatic rings. The van der Waals surface area contributed by atoms with Crippen LogP contribution in [-0.2, 0) is 0 Å². The number of hydrogen-bond acceptors (Lipinski definition) is 4. The summed E-state index contributed by atoms with van der Waals surface area (Å²) in [6.45, 7) is 6.05. The van der Waals surface area contributed by atoms with Crippen LogP contribution in [0.3, 0.4) is 0 Å². The number of rotatable bonds is 6. The number of aliphatic hydroxyl groups excluding tert-OH is 1. The maximum Gasteiger partial charge on any atom is 0.271 e. The topological polar surface area (TPSA) is 75.4 Å². The van der Waals surface area contributed by atoms with Crippen LogP contribution in [0.2, 0.25) is 0 Å². The minimum absolute atomic E-state index is 0.0142. The number of nitrogens with zero attached hydrogens (tertiary/aromatic N) is 1. The van der Waals surface area contributed by atoms with E-state index in [-0.39, 0.29) is 18.3 Å². The van der Waals surface area contributed by atoms with E-state index >= 15 is 0 Å². The van der Waals surface area contributed by atoms with Crippen LogP contribution in [0.4, 0.5) is 11.4 Å². The molecule has 1 aromatic rings. The molecule has 1 atom stereocenters. The first-order chi connectivity index (χ1) is 8.43. The fourth-order valence-corrected chi connectivity index (χ4v) is 1.85. The van der Waals surface area contributed by atoms with Gasteiger partial charge in [-0.1, -0.05) is 19.9 Å². The largest absolute Gasteiger partial charge is 0.394 e. The predicted octanol–water partition coefficient (Wildman–Crippen LogP) is 2.72. The molecule has 1 unspecified atom stereocenters. The molecule has 0 bridgehead atoms. The molecule has 0 aliphatic carbocycles. The van der Waals surface area contributed by atoms with Gasteiger partial charge in [0.15, 0.2) is 0 Å². The minimum Gasteiger partial charge on any atom is -0.394 e. The van der Waals surface area contributed by atoms with Crippen molar-refractivity contribution < 1.29 is 10.0 Å². The van der Waals surface area contributed by atoms with Crippen molar-refractivity contribution in [3.8, 4) is 0 Å². The maximum absolute atomic E-state index is 10.7. The predicted molar refractivity (Wildman–Crippen MR) is 71.8 cm³/mol. The third kappa shape index (κ3) is 4.00. The normalized spacial score (nSPS) is 12.5. The van der Waals surface area contributed by atoms with E-state index in [0.29, 0.717) is 11.6 Å². The van der Waals surface area contributed by atoms with Crippen LogP contribution in [0.1, 0.15) is 25.8 Å². The zero-order chi connectivity index (χ0) is 13.7. The van der Waals surface area contributed by atoms with E-state index in [9.17, 15) is 15.2 Å². The monoisotopic (exact) mass is 252 g/mol. The molecule has 0 saturated carbocycles. The zero-order valence-corrected chi connectivity index (χ0v) is 11.0. The molecule has 0 heterocycles. The van der Waals surface area contributed by atoms with Crippen molar-refractivity contribution >= 4 is 11.4 Å². The SMILES string of the molecule is Cc1ccc([N+](=O)[O-])cc1NC(CO)CC(C)C. The third-order valence-corrected chi connectivity index (χ3v) is 2.77. The van der Waals surface area contributed by atoms with Gasteiger partial charge in [-0.25, -0.2) is 0 Å². The van der Waals surface area contributed by atoms with Gasteiger partial charge in [-0.15, -0.1) is 0 Å². The Kier molecular flexibility index (Phi) is 5.09. The van der Waals surface area contributed by atoms with Gasteiger partial charge in [-0.3, -0.25) is 10.1 Å². The second kappa shape index (κ2) is 6.35. The van der Waals surface area contributed by atoms with Crippen molar-refractivity contribution in [2.45, 2.75) is 33.2 Å². The van der Waals surface area contributed by atoms with Gasteiger partial charge in [0.05, 0.1) is 11.5 Å². The van der Waals surface area contributed by atoms with Gasteiger partial charge >= 0.3 is 0 Å². The molecule has 0 spiro atoms. The van der Waals surface area contributed by atoms with Crippen molar-refractivity contribution in [2.75, 3.05) is 11.9 Å². The van der Waals surface area contributed by atoms with Crippen LogP contribution in [0.5, 0.6) is 0 Å². The van der Waals surface area contributed by atoms with Crippen LogP contribution >= 0.6 is 0 Å². The summed E-state index contributed by atoms with van der Waals surface area (Å²) in [4.78, 5) is 10.3. The molecule has 0 radical (unpaired) electrons. The Labute approximate surface area is 107 Å². The first kappa shape index (κ1) is 14.4. The smallest absolute Gasteiger partial charge is 0.271 e. The third-order valence-electron chi connectivity index (χ3n) is 2.77. The Bertz CT molecular complexity index is 419. The first-order valence-electron chi connectivity index (χ1n) is 6.06. The van der Waals surface area contributed by atoms with Crippen molar-refractivity contribution in [1.82, 2.24) is 0 Å². The molecule has 0 aliphatic heterocycles. The second-order valence-electron chi connectivity index (χ2n) is 4.91. The summed E-state index contributed by atoms with van der Waals surface area (Å²) in [5.74, 6) is 0.452. The lowest BCUT2D eigenvalue weighted by Gasteiger charge is -2.20. The summed E-state index contributed by atoms with van der Waals surface area (Å²) in [7, 11) is 0. The van der Waals surface area contributed by atoms with E-state index in [2.05, 4.69) is 19.2 Å². The van der Waals surface area contributed by atoms with Gasteiger partial charge in [0.1, 0.15) is 0 Å².